The lowest BCUT2D eigenvalue weighted by molar-refractivity contribution is 0.449. The van der Waals surface area contributed by atoms with Gasteiger partial charge < -0.3 is 10.1 Å². The van der Waals surface area contributed by atoms with E-state index in [9.17, 15) is 0 Å². The quantitative estimate of drug-likeness (QED) is 0.870. The maximum absolute atomic E-state index is 5.84. The van der Waals surface area contributed by atoms with E-state index in [1.807, 2.05) is 12.1 Å². The summed E-state index contributed by atoms with van der Waals surface area (Å²) in [4.78, 5) is 12.6. The van der Waals surface area contributed by atoms with Crippen LogP contribution in [-0.2, 0) is 0 Å². The molecule has 0 saturated heterocycles. The van der Waals surface area contributed by atoms with E-state index >= 15 is 0 Å². The van der Waals surface area contributed by atoms with Crippen molar-refractivity contribution in [2.24, 2.45) is 0 Å². The zero-order valence-corrected chi connectivity index (χ0v) is 12.1. The number of pyridine rings is 1. The van der Waals surface area contributed by atoms with Gasteiger partial charge in [0.1, 0.15) is 17.9 Å². The van der Waals surface area contributed by atoms with Gasteiger partial charge >= 0.3 is 0 Å². The predicted molar refractivity (Wildman–Crippen MR) is 79.2 cm³/mol. The maximum atomic E-state index is 5.84. The van der Waals surface area contributed by atoms with Crippen LogP contribution in [0, 0.1) is 0 Å². The van der Waals surface area contributed by atoms with E-state index in [0.29, 0.717) is 11.6 Å². The molecule has 5 nitrogen and oxygen atoms in total. The van der Waals surface area contributed by atoms with Crippen molar-refractivity contribution >= 4 is 5.82 Å². The number of ether oxygens (including phenoxy) is 1. The number of nitrogens with zero attached hydrogens (tertiary/aromatic N) is 3. The minimum atomic E-state index is 0.266. The van der Waals surface area contributed by atoms with Crippen LogP contribution in [0.4, 0.5) is 5.82 Å². The molecular weight excluding hydrogens is 252 g/mol. The molecule has 2 rings (SSSR count). The third-order valence-corrected chi connectivity index (χ3v) is 2.82. The van der Waals surface area contributed by atoms with Gasteiger partial charge in [-0.2, -0.15) is 0 Å². The molecule has 106 valence electrons. The van der Waals surface area contributed by atoms with Gasteiger partial charge in [-0.25, -0.2) is 9.97 Å². The summed E-state index contributed by atoms with van der Waals surface area (Å²) < 4.78 is 5.84. The van der Waals surface area contributed by atoms with Gasteiger partial charge in [0, 0.05) is 12.7 Å². The standard InChI is InChI=1S/C15H20N4O/c1-4-7-17-14-13(11(2)3)15(19-10-18-14)20-12-6-5-8-16-9-12/h5-6,8-11H,4,7H2,1-3H3,(H,17,18,19). The molecule has 2 aromatic rings. The summed E-state index contributed by atoms with van der Waals surface area (Å²) in [5.41, 5.74) is 0.991. The molecule has 0 spiro atoms. The Morgan fingerprint density at radius 3 is 2.80 bits per heavy atom. The highest BCUT2D eigenvalue weighted by Gasteiger charge is 2.16. The van der Waals surface area contributed by atoms with Crippen LogP contribution in [0.1, 0.15) is 38.7 Å². The zero-order valence-electron chi connectivity index (χ0n) is 12.1. The lowest BCUT2D eigenvalue weighted by Crippen LogP contribution is -2.08. The van der Waals surface area contributed by atoms with Gasteiger partial charge in [0.05, 0.1) is 11.8 Å². The lowest BCUT2D eigenvalue weighted by atomic mass is 10.1. The molecule has 2 aromatic heterocycles. The lowest BCUT2D eigenvalue weighted by Gasteiger charge is -2.16. The van der Waals surface area contributed by atoms with Crippen molar-refractivity contribution in [1.29, 1.82) is 0 Å². The van der Waals surface area contributed by atoms with Crippen LogP contribution in [0.15, 0.2) is 30.9 Å². The topological polar surface area (TPSA) is 59.9 Å². The summed E-state index contributed by atoms with van der Waals surface area (Å²) in [7, 11) is 0. The number of anilines is 1. The first-order valence-electron chi connectivity index (χ1n) is 6.89. The molecule has 0 unspecified atom stereocenters. The summed E-state index contributed by atoms with van der Waals surface area (Å²) >= 11 is 0. The summed E-state index contributed by atoms with van der Waals surface area (Å²) in [6.45, 7) is 7.21. The smallest absolute Gasteiger partial charge is 0.227 e. The summed E-state index contributed by atoms with van der Waals surface area (Å²) in [5, 5.41) is 3.32. The molecule has 0 fully saturated rings. The van der Waals surface area contributed by atoms with Gasteiger partial charge in [0.15, 0.2) is 0 Å². The predicted octanol–water partition coefficient (Wildman–Crippen LogP) is 3.61. The Bertz CT molecular complexity index is 543. The molecule has 2 heterocycles. The Kier molecular flexibility index (Phi) is 4.87. The number of hydrogen-bond donors (Lipinski definition) is 1. The van der Waals surface area contributed by atoms with E-state index in [-0.39, 0.29) is 5.92 Å². The third-order valence-electron chi connectivity index (χ3n) is 2.82. The number of rotatable bonds is 6. The Morgan fingerprint density at radius 2 is 2.15 bits per heavy atom. The van der Waals surface area contributed by atoms with Gasteiger partial charge in [-0.3, -0.25) is 4.98 Å². The Hall–Kier alpha value is -2.17. The Morgan fingerprint density at radius 1 is 1.30 bits per heavy atom. The van der Waals surface area contributed by atoms with Gasteiger partial charge in [-0.05, 0) is 24.5 Å². The molecule has 1 N–H and O–H groups in total. The van der Waals surface area contributed by atoms with Crippen molar-refractivity contribution in [2.45, 2.75) is 33.1 Å². The fraction of sp³-hybridized carbons (Fsp3) is 0.400. The van der Waals surface area contributed by atoms with Crippen molar-refractivity contribution in [1.82, 2.24) is 15.0 Å². The zero-order chi connectivity index (χ0) is 14.4. The van der Waals surface area contributed by atoms with Crippen molar-refractivity contribution in [2.75, 3.05) is 11.9 Å². The molecule has 0 amide bonds. The van der Waals surface area contributed by atoms with Crippen LogP contribution < -0.4 is 10.1 Å². The highest BCUT2D eigenvalue weighted by molar-refractivity contribution is 5.51. The van der Waals surface area contributed by atoms with E-state index in [1.54, 1.807) is 12.4 Å². The van der Waals surface area contributed by atoms with Crippen LogP contribution in [-0.4, -0.2) is 21.5 Å². The second kappa shape index (κ2) is 6.84. The summed E-state index contributed by atoms with van der Waals surface area (Å²) in [5.74, 6) is 2.37. The molecule has 0 aliphatic carbocycles. The summed E-state index contributed by atoms with van der Waals surface area (Å²) in [6, 6.07) is 3.69. The highest BCUT2D eigenvalue weighted by atomic mass is 16.5. The van der Waals surface area contributed by atoms with Crippen molar-refractivity contribution < 1.29 is 4.74 Å². The second-order valence-corrected chi connectivity index (χ2v) is 4.81. The monoisotopic (exact) mass is 272 g/mol. The average Bonchev–Trinajstić information content (AvgIpc) is 2.46. The maximum Gasteiger partial charge on any atom is 0.227 e. The second-order valence-electron chi connectivity index (χ2n) is 4.81. The van der Waals surface area contributed by atoms with E-state index in [0.717, 1.165) is 24.3 Å². The minimum absolute atomic E-state index is 0.266. The third kappa shape index (κ3) is 3.44. The van der Waals surface area contributed by atoms with Crippen molar-refractivity contribution in [3.8, 4) is 11.6 Å². The fourth-order valence-corrected chi connectivity index (χ4v) is 1.88. The van der Waals surface area contributed by atoms with Gasteiger partial charge in [0.25, 0.3) is 0 Å². The molecule has 0 bridgehead atoms. The van der Waals surface area contributed by atoms with Crippen LogP contribution in [0.25, 0.3) is 0 Å². The van der Waals surface area contributed by atoms with E-state index < -0.39 is 0 Å². The fourth-order valence-electron chi connectivity index (χ4n) is 1.88. The Balaban J connectivity index is 2.32. The van der Waals surface area contributed by atoms with Gasteiger partial charge in [0.2, 0.25) is 5.88 Å². The molecule has 0 saturated carbocycles. The van der Waals surface area contributed by atoms with Crippen LogP contribution >= 0.6 is 0 Å². The molecule has 20 heavy (non-hydrogen) atoms. The molecule has 0 aromatic carbocycles. The van der Waals surface area contributed by atoms with Crippen molar-refractivity contribution in [3.05, 3.63) is 36.4 Å². The molecule has 5 heteroatoms. The summed E-state index contributed by atoms with van der Waals surface area (Å²) in [6.07, 6.45) is 5.95. The first-order valence-corrected chi connectivity index (χ1v) is 6.89. The molecule has 0 aliphatic heterocycles. The number of nitrogens with one attached hydrogen (secondary N) is 1. The normalized spacial score (nSPS) is 10.6. The van der Waals surface area contributed by atoms with Gasteiger partial charge in [-0.1, -0.05) is 20.8 Å². The van der Waals surface area contributed by atoms with E-state index in [4.69, 9.17) is 4.74 Å². The van der Waals surface area contributed by atoms with Gasteiger partial charge in [-0.15, -0.1) is 0 Å². The Labute approximate surface area is 119 Å². The van der Waals surface area contributed by atoms with Crippen LogP contribution in [0.2, 0.25) is 0 Å². The first-order chi connectivity index (χ1) is 9.72. The highest BCUT2D eigenvalue weighted by Crippen LogP contribution is 2.32. The largest absolute Gasteiger partial charge is 0.437 e. The van der Waals surface area contributed by atoms with E-state index in [2.05, 4.69) is 41.0 Å². The van der Waals surface area contributed by atoms with Crippen LogP contribution in [0.3, 0.4) is 0 Å². The van der Waals surface area contributed by atoms with E-state index in [1.165, 1.54) is 6.33 Å². The number of hydrogen-bond acceptors (Lipinski definition) is 5. The molecule has 0 radical (unpaired) electrons. The van der Waals surface area contributed by atoms with Crippen molar-refractivity contribution in [3.63, 3.8) is 0 Å². The molecular formula is C15H20N4O. The van der Waals surface area contributed by atoms with Crippen LogP contribution in [0.5, 0.6) is 11.6 Å². The first kappa shape index (κ1) is 14.2. The average molecular weight is 272 g/mol. The SMILES string of the molecule is CCCNc1ncnc(Oc2cccnc2)c1C(C)C. The minimum Gasteiger partial charge on any atom is -0.437 e. The molecule has 0 atom stereocenters. The number of aromatic nitrogens is 3. The molecule has 0 aliphatic rings.